The maximum absolute atomic E-state index is 10.6. The SMILES string of the molecule is CC(O)(c1cccc(O)c1)C1CCCCC1. The number of aromatic hydroxyl groups is 1. The Kier molecular flexibility index (Phi) is 3.20. The Morgan fingerprint density at radius 1 is 1.19 bits per heavy atom. The summed E-state index contributed by atoms with van der Waals surface area (Å²) < 4.78 is 0. The number of benzene rings is 1. The first-order valence-corrected chi connectivity index (χ1v) is 6.12. The monoisotopic (exact) mass is 220 g/mol. The number of phenolic OH excluding ortho intramolecular Hbond substituents is 1. The summed E-state index contributed by atoms with van der Waals surface area (Å²) in [4.78, 5) is 0. The van der Waals surface area contributed by atoms with Gasteiger partial charge in [0.1, 0.15) is 5.75 Å². The van der Waals surface area contributed by atoms with Gasteiger partial charge in [-0.15, -0.1) is 0 Å². The molecule has 0 aromatic heterocycles. The minimum atomic E-state index is -0.806. The van der Waals surface area contributed by atoms with Gasteiger partial charge < -0.3 is 10.2 Å². The van der Waals surface area contributed by atoms with Crippen molar-refractivity contribution in [3.63, 3.8) is 0 Å². The fourth-order valence-electron chi connectivity index (χ4n) is 2.72. The molecule has 16 heavy (non-hydrogen) atoms. The van der Waals surface area contributed by atoms with E-state index in [9.17, 15) is 10.2 Å². The minimum absolute atomic E-state index is 0.230. The lowest BCUT2D eigenvalue weighted by Crippen LogP contribution is -2.33. The molecule has 2 heteroatoms. The Hall–Kier alpha value is -1.02. The molecule has 1 saturated carbocycles. The molecule has 0 saturated heterocycles. The van der Waals surface area contributed by atoms with E-state index in [0.29, 0.717) is 5.92 Å². The maximum Gasteiger partial charge on any atom is 0.115 e. The number of hydrogen-bond acceptors (Lipinski definition) is 2. The van der Waals surface area contributed by atoms with Crippen LogP contribution in [0.25, 0.3) is 0 Å². The molecule has 2 N–H and O–H groups in total. The topological polar surface area (TPSA) is 40.5 Å². The molecule has 1 aliphatic carbocycles. The van der Waals surface area contributed by atoms with E-state index in [2.05, 4.69) is 0 Å². The molecule has 0 amide bonds. The molecule has 1 aromatic carbocycles. The summed E-state index contributed by atoms with van der Waals surface area (Å²) in [6.45, 7) is 1.87. The second-order valence-corrected chi connectivity index (χ2v) is 5.03. The van der Waals surface area contributed by atoms with Gasteiger partial charge in [-0.05, 0) is 43.4 Å². The van der Waals surface area contributed by atoms with Gasteiger partial charge in [0.05, 0.1) is 5.60 Å². The Balaban J connectivity index is 2.22. The van der Waals surface area contributed by atoms with Crippen molar-refractivity contribution in [2.75, 3.05) is 0 Å². The van der Waals surface area contributed by atoms with Crippen LogP contribution in [-0.4, -0.2) is 10.2 Å². The third kappa shape index (κ3) is 2.22. The summed E-state index contributed by atoms with van der Waals surface area (Å²) in [5.74, 6) is 0.552. The van der Waals surface area contributed by atoms with Gasteiger partial charge in [0.2, 0.25) is 0 Å². The summed E-state index contributed by atoms with van der Waals surface area (Å²) in [5, 5.41) is 20.1. The summed E-state index contributed by atoms with van der Waals surface area (Å²) in [7, 11) is 0. The van der Waals surface area contributed by atoms with E-state index < -0.39 is 5.60 Å². The summed E-state index contributed by atoms with van der Waals surface area (Å²) in [6.07, 6.45) is 5.87. The normalized spacial score (nSPS) is 21.6. The predicted molar refractivity (Wildman–Crippen MR) is 64.3 cm³/mol. The highest BCUT2D eigenvalue weighted by Gasteiger charge is 2.34. The van der Waals surface area contributed by atoms with Crippen LogP contribution in [0.2, 0.25) is 0 Å². The molecule has 0 radical (unpaired) electrons. The van der Waals surface area contributed by atoms with Gasteiger partial charge in [0.15, 0.2) is 0 Å². The van der Waals surface area contributed by atoms with Crippen LogP contribution in [0.5, 0.6) is 5.75 Å². The summed E-state index contributed by atoms with van der Waals surface area (Å²) in [6, 6.07) is 7.01. The predicted octanol–water partition coefficient (Wildman–Crippen LogP) is 3.18. The fraction of sp³-hybridized carbons (Fsp3) is 0.571. The van der Waals surface area contributed by atoms with Crippen LogP contribution in [0, 0.1) is 5.92 Å². The van der Waals surface area contributed by atoms with Gasteiger partial charge >= 0.3 is 0 Å². The van der Waals surface area contributed by atoms with Crippen LogP contribution in [0.1, 0.15) is 44.6 Å². The van der Waals surface area contributed by atoms with E-state index in [-0.39, 0.29) is 5.75 Å². The molecule has 0 aliphatic heterocycles. The largest absolute Gasteiger partial charge is 0.508 e. The standard InChI is InChI=1S/C14H20O2/c1-14(16,11-6-3-2-4-7-11)12-8-5-9-13(15)10-12/h5,8-11,15-16H,2-4,6-7H2,1H3. The van der Waals surface area contributed by atoms with Crippen LogP contribution < -0.4 is 0 Å². The summed E-state index contributed by atoms with van der Waals surface area (Å²) >= 11 is 0. The number of phenols is 1. The molecule has 2 nitrogen and oxygen atoms in total. The molecule has 0 bridgehead atoms. The van der Waals surface area contributed by atoms with Gasteiger partial charge in [0, 0.05) is 0 Å². The first-order chi connectivity index (χ1) is 7.60. The van der Waals surface area contributed by atoms with Gasteiger partial charge in [-0.1, -0.05) is 31.4 Å². The van der Waals surface area contributed by atoms with Crippen molar-refractivity contribution in [2.45, 2.75) is 44.6 Å². The molecule has 0 heterocycles. The van der Waals surface area contributed by atoms with Crippen LogP contribution >= 0.6 is 0 Å². The van der Waals surface area contributed by atoms with E-state index in [1.165, 1.54) is 19.3 Å². The molecule has 2 rings (SSSR count). The molecule has 1 aliphatic rings. The van der Waals surface area contributed by atoms with E-state index in [4.69, 9.17) is 0 Å². The zero-order valence-electron chi connectivity index (χ0n) is 9.82. The second-order valence-electron chi connectivity index (χ2n) is 5.03. The highest BCUT2D eigenvalue weighted by molar-refractivity contribution is 5.31. The first kappa shape index (κ1) is 11.5. The quantitative estimate of drug-likeness (QED) is 0.803. The third-order valence-corrected chi connectivity index (χ3v) is 3.83. The Morgan fingerprint density at radius 3 is 2.50 bits per heavy atom. The van der Waals surface area contributed by atoms with Crippen molar-refractivity contribution in [2.24, 2.45) is 5.92 Å². The lowest BCUT2D eigenvalue weighted by Gasteiger charge is -2.36. The van der Waals surface area contributed by atoms with Crippen LogP contribution in [0.15, 0.2) is 24.3 Å². The average molecular weight is 220 g/mol. The minimum Gasteiger partial charge on any atom is -0.508 e. The smallest absolute Gasteiger partial charge is 0.115 e. The van der Waals surface area contributed by atoms with Crippen molar-refractivity contribution in [3.8, 4) is 5.75 Å². The van der Waals surface area contributed by atoms with Crippen LogP contribution in [0.4, 0.5) is 0 Å². The molecule has 88 valence electrons. The average Bonchev–Trinajstić information content (AvgIpc) is 2.30. The molecule has 1 atom stereocenters. The van der Waals surface area contributed by atoms with Crippen molar-refractivity contribution in [1.82, 2.24) is 0 Å². The molecule has 1 aromatic rings. The zero-order valence-corrected chi connectivity index (χ0v) is 9.82. The van der Waals surface area contributed by atoms with Gasteiger partial charge in [0.25, 0.3) is 0 Å². The van der Waals surface area contributed by atoms with Crippen LogP contribution in [0.3, 0.4) is 0 Å². The molecular weight excluding hydrogens is 200 g/mol. The molecular formula is C14H20O2. The lowest BCUT2D eigenvalue weighted by atomic mass is 9.74. The van der Waals surface area contributed by atoms with Crippen molar-refractivity contribution >= 4 is 0 Å². The van der Waals surface area contributed by atoms with E-state index in [1.807, 2.05) is 13.0 Å². The molecule has 1 fully saturated rings. The Morgan fingerprint density at radius 2 is 1.88 bits per heavy atom. The fourth-order valence-corrected chi connectivity index (χ4v) is 2.72. The van der Waals surface area contributed by atoms with Crippen LogP contribution in [-0.2, 0) is 5.60 Å². The Bertz CT molecular complexity index is 352. The van der Waals surface area contributed by atoms with Gasteiger partial charge in [-0.2, -0.15) is 0 Å². The Labute approximate surface area is 96.9 Å². The highest BCUT2D eigenvalue weighted by Crippen LogP contribution is 2.39. The second kappa shape index (κ2) is 4.46. The third-order valence-electron chi connectivity index (χ3n) is 3.83. The molecule has 1 unspecified atom stereocenters. The molecule has 0 spiro atoms. The zero-order chi connectivity index (χ0) is 11.6. The van der Waals surface area contributed by atoms with Gasteiger partial charge in [-0.25, -0.2) is 0 Å². The number of hydrogen-bond donors (Lipinski definition) is 2. The van der Waals surface area contributed by atoms with E-state index in [1.54, 1.807) is 18.2 Å². The maximum atomic E-state index is 10.6. The van der Waals surface area contributed by atoms with Crippen molar-refractivity contribution in [1.29, 1.82) is 0 Å². The highest BCUT2D eigenvalue weighted by atomic mass is 16.3. The number of aliphatic hydroxyl groups is 1. The van der Waals surface area contributed by atoms with E-state index in [0.717, 1.165) is 18.4 Å². The number of rotatable bonds is 2. The van der Waals surface area contributed by atoms with E-state index >= 15 is 0 Å². The van der Waals surface area contributed by atoms with Crippen molar-refractivity contribution in [3.05, 3.63) is 29.8 Å². The summed E-state index contributed by atoms with van der Waals surface area (Å²) in [5.41, 5.74) is 0.0264. The lowest BCUT2D eigenvalue weighted by molar-refractivity contribution is -0.0216. The van der Waals surface area contributed by atoms with Crippen molar-refractivity contribution < 1.29 is 10.2 Å². The van der Waals surface area contributed by atoms with Gasteiger partial charge in [-0.3, -0.25) is 0 Å². The first-order valence-electron chi connectivity index (χ1n) is 6.12.